The molecule has 0 aromatic rings. The molecule has 410 valence electrons. The summed E-state index contributed by atoms with van der Waals surface area (Å²) in [5.74, 6) is -0.593. The molecule has 0 aliphatic heterocycles. The van der Waals surface area contributed by atoms with Gasteiger partial charge in [-0.2, -0.15) is 0 Å². The fraction of sp³-hybridized carbons (Fsp3) is 0.921. The summed E-state index contributed by atoms with van der Waals surface area (Å²) < 4.78 is 0. The van der Waals surface area contributed by atoms with Crippen LogP contribution in [0.5, 0.6) is 0 Å². The van der Waals surface area contributed by atoms with E-state index < -0.39 is 36.9 Å². The van der Waals surface area contributed by atoms with Crippen molar-refractivity contribution in [3.8, 4) is 0 Å². The van der Waals surface area contributed by atoms with Gasteiger partial charge in [-0.3, -0.25) is 4.79 Å². The fourth-order valence-corrected chi connectivity index (χ4v) is 9.99. The van der Waals surface area contributed by atoms with Crippen LogP contribution in [0.2, 0.25) is 0 Å². The van der Waals surface area contributed by atoms with Crippen molar-refractivity contribution < 1.29 is 25.2 Å². The number of carbonyl (C=O) groups is 1. The Morgan fingerprint density at radius 2 is 0.594 bits per heavy atom. The first-order valence-electron chi connectivity index (χ1n) is 31.2. The van der Waals surface area contributed by atoms with Gasteiger partial charge >= 0.3 is 0 Å². The van der Waals surface area contributed by atoms with Crippen molar-refractivity contribution in [3.63, 3.8) is 0 Å². The molecule has 0 saturated carbocycles. The zero-order valence-corrected chi connectivity index (χ0v) is 46.6. The number of allylic oxidation sites excluding steroid dienone is 4. The lowest BCUT2D eigenvalue weighted by molar-refractivity contribution is -0.132. The molecule has 0 aliphatic carbocycles. The topological polar surface area (TPSA) is 110 Å². The molecule has 4 unspecified atom stereocenters. The Morgan fingerprint density at radius 1 is 0.348 bits per heavy atom. The molecule has 0 bridgehead atoms. The molecule has 69 heavy (non-hydrogen) atoms. The number of aliphatic hydroxyl groups excluding tert-OH is 4. The summed E-state index contributed by atoms with van der Waals surface area (Å²) >= 11 is 0. The zero-order chi connectivity index (χ0) is 50.2. The molecule has 0 saturated heterocycles. The van der Waals surface area contributed by atoms with Crippen LogP contribution in [0.15, 0.2) is 24.3 Å². The van der Waals surface area contributed by atoms with Crippen LogP contribution in [0.1, 0.15) is 341 Å². The molecule has 0 aromatic heterocycles. The first-order chi connectivity index (χ1) is 34.0. The summed E-state index contributed by atoms with van der Waals surface area (Å²) in [6.45, 7) is 4.08. The van der Waals surface area contributed by atoms with Crippen molar-refractivity contribution in [2.75, 3.05) is 6.61 Å². The van der Waals surface area contributed by atoms with Crippen LogP contribution in [0.25, 0.3) is 0 Å². The third kappa shape index (κ3) is 51.5. The molecule has 6 nitrogen and oxygen atoms in total. The van der Waals surface area contributed by atoms with Gasteiger partial charge in [0.05, 0.1) is 18.8 Å². The summed E-state index contributed by atoms with van der Waals surface area (Å²) in [6.07, 6.45) is 71.4. The largest absolute Gasteiger partial charge is 0.394 e. The van der Waals surface area contributed by atoms with Crippen LogP contribution in [-0.4, -0.2) is 57.3 Å². The number of nitrogens with one attached hydrogen (secondary N) is 1. The highest BCUT2D eigenvalue weighted by molar-refractivity contribution is 5.80. The number of amides is 1. The predicted octanol–water partition coefficient (Wildman–Crippen LogP) is 18.6. The maximum absolute atomic E-state index is 12.6. The van der Waals surface area contributed by atoms with E-state index in [4.69, 9.17) is 0 Å². The van der Waals surface area contributed by atoms with E-state index in [9.17, 15) is 25.2 Å². The molecule has 0 radical (unpaired) electrons. The molecule has 1 amide bonds. The molecule has 0 heterocycles. The highest BCUT2D eigenvalue weighted by atomic mass is 16.3. The summed E-state index contributed by atoms with van der Waals surface area (Å²) in [5, 5.41) is 44.0. The van der Waals surface area contributed by atoms with E-state index in [2.05, 4.69) is 43.5 Å². The first kappa shape index (κ1) is 67.8. The first-order valence-corrected chi connectivity index (χ1v) is 31.2. The minimum Gasteiger partial charge on any atom is -0.394 e. The van der Waals surface area contributed by atoms with Crippen molar-refractivity contribution in [2.45, 2.75) is 366 Å². The Hall–Kier alpha value is -1.21. The third-order valence-electron chi connectivity index (χ3n) is 14.9. The highest BCUT2D eigenvalue weighted by Gasteiger charge is 2.28. The highest BCUT2D eigenvalue weighted by Crippen LogP contribution is 2.18. The van der Waals surface area contributed by atoms with Gasteiger partial charge in [0.25, 0.3) is 0 Å². The van der Waals surface area contributed by atoms with E-state index in [0.717, 1.165) is 44.9 Å². The normalized spacial score (nSPS) is 13.8. The lowest BCUT2D eigenvalue weighted by Crippen LogP contribution is -2.53. The molecular weight excluding hydrogens is 851 g/mol. The van der Waals surface area contributed by atoms with E-state index >= 15 is 0 Å². The average molecular weight is 975 g/mol. The van der Waals surface area contributed by atoms with E-state index in [1.807, 2.05) is 0 Å². The lowest BCUT2D eigenvalue weighted by Gasteiger charge is -2.27. The molecule has 0 rings (SSSR count). The minimum absolute atomic E-state index is 0.358. The molecule has 0 spiro atoms. The quantitative estimate of drug-likeness (QED) is 0.0308. The van der Waals surface area contributed by atoms with Gasteiger partial charge in [0, 0.05) is 0 Å². The van der Waals surface area contributed by atoms with Crippen LogP contribution < -0.4 is 5.32 Å². The SMILES string of the molecule is CCCCCCCCCCCCC/C=C\CCCCCCCCC(O)C(=O)NC(CO)C(O)C(O)CCC/C=C/CCCCCCCCCCCCCCCCCCCCCCCCCCCCC. The van der Waals surface area contributed by atoms with Crippen LogP contribution in [0.4, 0.5) is 0 Å². The Labute approximate surface area is 431 Å². The summed E-state index contributed by atoms with van der Waals surface area (Å²) in [6, 6.07) is -1.00. The molecule has 0 fully saturated rings. The number of hydrogen-bond donors (Lipinski definition) is 5. The molecule has 5 N–H and O–H groups in total. The maximum Gasteiger partial charge on any atom is 0.249 e. The molecular formula is C63H123NO5. The number of carbonyl (C=O) groups excluding carboxylic acids is 1. The second kappa shape index (κ2) is 57.7. The van der Waals surface area contributed by atoms with Gasteiger partial charge in [-0.15, -0.1) is 0 Å². The van der Waals surface area contributed by atoms with Crippen molar-refractivity contribution >= 4 is 5.91 Å². The number of aliphatic hydroxyl groups is 4. The van der Waals surface area contributed by atoms with Crippen LogP contribution in [-0.2, 0) is 4.79 Å². The second-order valence-corrected chi connectivity index (χ2v) is 21.7. The minimum atomic E-state index is -1.28. The molecule has 4 atom stereocenters. The molecule has 0 aromatic carbocycles. The van der Waals surface area contributed by atoms with E-state index in [1.165, 1.54) is 270 Å². The fourth-order valence-electron chi connectivity index (χ4n) is 9.99. The number of hydrogen-bond acceptors (Lipinski definition) is 5. The van der Waals surface area contributed by atoms with Gasteiger partial charge in [-0.05, 0) is 64.2 Å². The standard InChI is InChI=1S/C63H123NO5/c1-3-5-7-9-11-13-15-17-19-21-23-25-26-27-28-29-30-31-32-33-34-35-37-38-40-42-44-46-48-50-52-54-56-60(66)62(68)59(58-65)64-63(69)61(67)57-55-53-51-49-47-45-43-41-39-36-24-22-20-18-16-14-12-10-8-6-4-2/h39,41,48,50,59-62,65-68H,3-38,40,42-47,49,51-58H2,1-2H3,(H,64,69)/b41-39-,50-48+. The predicted molar refractivity (Wildman–Crippen MR) is 302 cm³/mol. The van der Waals surface area contributed by atoms with Gasteiger partial charge in [-0.1, -0.05) is 301 Å². The van der Waals surface area contributed by atoms with Gasteiger partial charge < -0.3 is 25.7 Å². The van der Waals surface area contributed by atoms with Crippen molar-refractivity contribution in [2.24, 2.45) is 0 Å². The molecule has 6 heteroatoms. The van der Waals surface area contributed by atoms with Crippen molar-refractivity contribution in [3.05, 3.63) is 24.3 Å². The molecule has 0 aliphatic rings. The second-order valence-electron chi connectivity index (χ2n) is 21.7. The average Bonchev–Trinajstić information content (AvgIpc) is 3.35. The van der Waals surface area contributed by atoms with E-state index in [1.54, 1.807) is 0 Å². The van der Waals surface area contributed by atoms with E-state index in [0.29, 0.717) is 12.8 Å². The van der Waals surface area contributed by atoms with Gasteiger partial charge in [0.15, 0.2) is 0 Å². The van der Waals surface area contributed by atoms with Crippen molar-refractivity contribution in [1.29, 1.82) is 0 Å². The smallest absolute Gasteiger partial charge is 0.249 e. The lowest BCUT2D eigenvalue weighted by atomic mass is 10.00. The number of rotatable bonds is 58. The van der Waals surface area contributed by atoms with Crippen LogP contribution >= 0.6 is 0 Å². The monoisotopic (exact) mass is 974 g/mol. The summed E-state index contributed by atoms with van der Waals surface area (Å²) in [7, 11) is 0. The number of unbranched alkanes of at least 4 members (excludes halogenated alkanes) is 45. The Bertz CT molecular complexity index is 1050. The Balaban J connectivity index is 3.59. The zero-order valence-electron chi connectivity index (χ0n) is 46.6. The maximum atomic E-state index is 12.6. The van der Waals surface area contributed by atoms with Gasteiger partial charge in [-0.25, -0.2) is 0 Å². The summed E-state index contributed by atoms with van der Waals surface area (Å²) in [4.78, 5) is 12.6. The van der Waals surface area contributed by atoms with Crippen molar-refractivity contribution in [1.82, 2.24) is 5.32 Å². The van der Waals surface area contributed by atoms with Gasteiger partial charge in [0.2, 0.25) is 5.91 Å². The van der Waals surface area contributed by atoms with Gasteiger partial charge in [0.1, 0.15) is 12.2 Å². The third-order valence-corrected chi connectivity index (χ3v) is 14.9. The Morgan fingerprint density at radius 3 is 0.870 bits per heavy atom. The van der Waals surface area contributed by atoms with Crippen LogP contribution in [0.3, 0.4) is 0 Å². The van der Waals surface area contributed by atoms with Crippen LogP contribution in [0, 0.1) is 0 Å². The summed E-state index contributed by atoms with van der Waals surface area (Å²) in [5.41, 5.74) is 0. The Kier molecular flexibility index (Phi) is 56.7. The van der Waals surface area contributed by atoms with E-state index in [-0.39, 0.29) is 0 Å².